The highest BCUT2D eigenvalue weighted by atomic mass is 32.1. The fourth-order valence-corrected chi connectivity index (χ4v) is 2.87. The van der Waals surface area contributed by atoms with Gasteiger partial charge < -0.3 is 11.1 Å². The van der Waals surface area contributed by atoms with Gasteiger partial charge in [-0.1, -0.05) is 24.4 Å². The molecule has 1 aromatic heterocycles. The van der Waals surface area contributed by atoms with E-state index in [4.69, 9.17) is 18.0 Å². The van der Waals surface area contributed by atoms with Crippen molar-refractivity contribution >= 4 is 34.5 Å². The standard InChI is InChI=1S/C15H15FN2OS2/c1-8-5-13(21-9(8)2)15(19)18-7-11-4-3-10(14(17)20)6-12(11)16/h3-6H,7H2,1-2H3,(H2,17,20)(H,18,19). The summed E-state index contributed by atoms with van der Waals surface area (Å²) < 4.78 is 13.9. The van der Waals surface area contributed by atoms with Crippen molar-refractivity contribution in [2.75, 3.05) is 0 Å². The fourth-order valence-electron chi connectivity index (χ4n) is 1.79. The Morgan fingerprint density at radius 1 is 1.38 bits per heavy atom. The van der Waals surface area contributed by atoms with Crippen molar-refractivity contribution in [3.05, 3.63) is 56.5 Å². The molecule has 0 unspecified atom stereocenters. The van der Waals surface area contributed by atoms with Gasteiger partial charge in [0.1, 0.15) is 10.8 Å². The monoisotopic (exact) mass is 322 g/mol. The van der Waals surface area contributed by atoms with E-state index in [1.54, 1.807) is 12.1 Å². The Kier molecular flexibility index (Phi) is 4.69. The van der Waals surface area contributed by atoms with Crippen molar-refractivity contribution in [1.29, 1.82) is 0 Å². The van der Waals surface area contributed by atoms with Crippen molar-refractivity contribution in [3.63, 3.8) is 0 Å². The summed E-state index contributed by atoms with van der Waals surface area (Å²) in [6.07, 6.45) is 0. The van der Waals surface area contributed by atoms with E-state index in [0.29, 0.717) is 16.0 Å². The first-order valence-corrected chi connectivity index (χ1v) is 7.54. The third-order valence-corrected chi connectivity index (χ3v) is 4.55. The van der Waals surface area contributed by atoms with Crippen molar-refractivity contribution in [2.45, 2.75) is 20.4 Å². The Morgan fingerprint density at radius 2 is 2.10 bits per heavy atom. The number of thiophene rings is 1. The minimum atomic E-state index is -0.431. The number of rotatable bonds is 4. The van der Waals surface area contributed by atoms with Gasteiger partial charge in [0.2, 0.25) is 0 Å². The van der Waals surface area contributed by atoms with Crippen LogP contribution in [0.25, 0.3) is 0 Å². The van der Waals surface area contributed by atoms with E-state index in [9.17, 15) is 9.18 Å². The molecule has 1 amide bonds. The second-order valence-corrected chi connectivity index (χ2v) is 6.40. The van der Waals surface area contributed by atoms with Gasteiger partial charge in [0.25, 0.3) is 5.91 Å². The van der Waals surface area contributed by atoms with Gasteiger partial charge in [-0.25, -0.2) is 4.39 Å². The zero-order valence-corrected chi connectivity index (χ0v) is 13.3. The van der Waals surface area contributed by atoms with Crippen molar-refractivity contribution < 1.29 is 9.18 Å². The van der Waals surface area contributed by atoms with Crippen LogP contribution in [-0.2, 0) is 6.54 Å². The Balaban J connectivity index is 2.06. The molecule has 6 heteroatoms. The number of benzene rings is 1. The fraction of sp³-hybridized carbons (Fsp3) is 0.200. The third kappa shape index (κ3) is 3.65. The molecule has 1 aromatic carbocycles. The number of thiocarbonyl (C=S) groups is 1. The van der Waals surface area contributed by atoms with E-state index in [1.807, 2.05) is 19.9 Å². The van der Waals surface area contributed by atoms with Crippen LogP contribution in [-0.4, -0.2) is 10.9 Å². The summed E-state index contributed by atoms with van der Waals surface area (Å²) >= 11 is 6.22. The van der Waals surface area contributed by atoms with E-state index in [0.717, 1.165) is 10.4 Å². The Morgan fingerprint density at radius 3 is 2.62 bits per heavy atom. The summed E-state index contributed by atoms with van der Waals surface area (Å²) in [6, 6.07) is 6.34. The smallest absolute Gasteiger partial charge is 0.261 e. The molecule has 0 saturated heterocycles. The quantitative estimate of drug-likeness (QED) is 0.851. The van der Waals surface area contributed by atoms with Crippen LogP contribution in [0.4, 0.5) is 4.39 Å². The largest absolute Gasteiger partial charge is 0.389 e. The van der Waals surface area contributed by atoms with Crippen LogP contribution in [0.2, 0.25) is 0 Å². The minimum absolute atomic E-state index is 0.123. The molecular formula is C15H15FN2OS2. The lowest BCUT2D eigenvalue weighted by molar-refractivity contribution is 0.0954. The molecule has 0 radical (unpaired) electrons. The SMILES string of the molecule is Cc1cc(C(=O)NCc2ccc(C(N)=S)cc2F)sc1C. The van der Waals surface area contributed by atoms with Crippen LogP contribution in [0.1, 0.15) is 31.2 Å². The molecule has 0 bridgehead atoms. The molecule has 2 aromatic rings. The molecule has 3 N–H and O–H groups in total. The molecule has 2 rings (SSSR count). The molecule has 0 aliphatic heterocycles. The third-order valence-electron chi connectivity index (χ3n) is 3.17. The number of nitrogens with two attached hydrogens (primary N) is 1. The van der Waals surface area contributed by atoms with Crippen LogP contribution in [0.3, 0.4) is 0 Å². The van der Waals surface area contributed by atoms with E-state index in [-0.39, 0.29) is 17.4 Å². The Labute approximate surface area is 132 Å². The van der Waals surface area contributed by atoms with Gasteiger partial charge in [0, 0.05) is 22.5 Å². The normalized spacial score (nSPS) is 10.4. The number of aryl methyl sites for hydroxylation is 2. The molecular weight excluding hydrogens is 307 g/mol. The Bertz CT molecular complexity index is 690. The lowest BCUT2D eigenvalue weighted by Gasteiger charge is -2.07. The zero-order chi connectivity index (χ0) is 15.6. The number of carbonyl (C=O) groups is 1. The molecule has 0 spiro atoms. The van der Waals surface area contributed by atoms with E-state index in [1.165, 1.54) is 17.4 Å². The molecule has 0 saturated carbocycles. The molecule has 0 atom stereocenters. The predicted molar refractivity (Wildman–Crippen MR) is 87.3 cm³/mol. The van der Waals surface area contributed by atoms with Gasteiger partial charge >= 0.3 is 0 Å². The molecule has 21 heavy (non-hydrogen) atoms. The molecule has 3 nitrogen and oxygen atoms in total. The highest BCUT2D eigenvalue weighted by molar-refractivity contribution is 7.80. The minimum Gasteiger partial charge on any atom is -0.389 e. The second kappa shape index (κ2) is 6.32. The summed E-state index contributed by atoms with van der Waals surface area (Å²) in [5.74, 6) is -0.631. The molecule has 110 valence electrons. The van der Waals surface area contributed by atoms with Gasteiger partial charge in [-0.3, -0.25) is 4.79 Å². The van der Waals surface area contributed by atoms with Crippen molar-refractivity contribution in [3.8, 4) is 0 Å². The predicted octanol–water partition coefficient (Wildman–Crippen LogP) is 3.07. The lowest BCUT2D eigenvalue weighted by atomic mass is 10.1. The average molecular weight is 322 g/mol. The van der Waals surface area contributed by atoms with Crippen LogP contribution < -0.4 is 11.1 Å². The summed E-state index contributed by atoms with van der Waals surface area (Å²) in [4.78, 5) is 13.9. The zero-order valence-electron chi connectivity index (χ0n) is 11.7. The maximum absolute atomic E-state index is 13.9. The number of amides is 1. The molecule has 0 aliphatic rings. The lowest BCUT2D eigenvalue weighted by Crippen LogP contribution is -2.22. The van der Waals surface area contributed by atoms with Gasteiger partial charge in [0.05, 0.1) is 4.88 Å². The van der Waals surface area contributed by atoms with Crippen LogP contribution >= 0.6 is 23.6 Å². The van der Waals surface area contributed by atoms with Gasteiger partial charge in [0.15, 0.2) is 0 Å². The summed E-state index contributed by atoms with van der Waals surface area (Å²) in [5, 5.41) is 2.71. The molecule has 0 aliphatic carbocycles. The summed E-state index contributed by atoms with van der Waals surface area (Å²) in [7, 11) is 0. The van der Waals surface area contributed by atoms with Crippen molar-refractivity contribution in [2.24, 2.45) is 5.73 Å². The van der Waals surface area contributed by atoms with Gasteiger partial charge in [-0.05, 0) is 31.5 Å². The number of carbonyl (C=O) groups excluding carboxylic acids is 1. The second-order valence-electron chi connectivity index (χ2n) is 4.70. The first-order valence-electron chi connectivity index (χ1n) is 6.32. The van der Waals surface area contributed by atoms with E-state index < -0.39 is 5.82 Å². The number of nitrogens with one attached hydrogen (secondary N) is 1. The molecule has 0 fully saturated rings. The average Bonchev–Trinajstić information content (AvgIpc) is 2.77. The first-order chi connectivity index (χ1) is 9.88. The Hall–Kier alpha value is -1.79. The number of halogens is 1. The van der Waals surface area contributed by atoms with Crippen LogP contribution in [0.15, 0.2) is 24.3 Å². The highest BCUT2D eigenvalue weighted by Crippen LogP contribution is 2.20. The van der Waals surface area contributed by atoms with Crippen LogP contribution in [0.5, 0.6) is 0 Å². The summed E-state index contributed by atoms with van der Waals surface area (Å²) in [6.45, 7) is 4.04. The first kappa shape index (κ1) is 15.6. The molecule has 1 heterocycles. The number of hydrogen-bond donors (Lipinski definition) is 2. The van der Waals surface area contributed by atoms with Crippen molar-refractivity contribution in [1.82, 2.24) is 5.32 Å². The van der Waals surface area contributed by atoms with Gasteiger partial charge in [-0.15, -0.1) is 11.3 Å². The maximum atomic E-state index is 13.9. The topological polar surface area (TPSA) is 55.1 Å². The van der Waals surface area contributed by atoms with E-state index >= 15 is 0 Å². The maximum Gasteiger partial charge on any atom is 0.261 e. The summed E-state index contributed by atoms with van der Waals surface area (Å²) in [5.41, 5.74) is 7.40. The highest BCUT2D eigenvalue weighted by Gasteiger charge is 2.11. The van der Waals surface area contributed by atoms with Crippen LogP contribution in [0, 0.1) is 19.7 Å². The van der Waals surface area contributed by atoms with E-state index in [2.05, 4.69) is 5.32 Å². The number of hydrogen-bond acceptors (Lipinski definition) is 3. The van der Waals surface area contributed by atoms with Gasteiger partial charge in [-0.2, -0.15) is 0 Å².